The number of halogens is 2. The first-order valence-corrected chi connectivity index (χ1v) is 6.40. The minimum Gasteiger partial charge on any atom is -0.352 e. The molecule has 0 aromatic rings. The molecule has 1 aliphatic rings. The number of rotatable bonds is 5. The van der Waals surface area contributed by atoms with E-state index in [0.717, 1.165) is 32.5 Å². The summed E-state index contributed by atoms with van der Waals surface area (Å²) in [6.45, 7) is 9.76. The van der Waals surface area contributed by atoms with E-state index in [-0.39, 0.29) is 30.7 Å². The number of amides is 1. The second kappa shape index (κ2) is 10.9. The van der Waals surface area contributed by atoms with Crippen LogP contribution in [-0.2, 0) is 4.79 Å². The Morgan fingerprint density at radius 2 is 1.94 bits per heavy atom. The summed E-state index contributed by atoms with van der Waals surface area (Å²) in [5.74, 6) is 0.169. The van der Waals surface area contributed by atoms with Crippen LogP contribution in [0, 0.1) is 0 Å². The lowest BCUT2D eigenvalue weighted by Gasteiger charge is -2.29. The Kier molecular flexibility index (Phi) is 12.2. The highest BCUT2D eigenvalue weighted by atomic mass is 35.5. The third kappa shape index (κ3) is 7.41. The van der Waals surface area contributed by atoms with Gasteiger partial charge in [-0.1, -0.05) is 13.8 Å². The van der Waals surface area contributed by atoms with Gasteiger partial charge in [0.05, 0.1) is 6.54 Å². The Labute approximate surface area is 123 Å². The zero-order chi connectivity index (χ0) is 12.0. The maximum atomic E-state index is 11.8. The minimum absolute atomic E-state index is 0. The van der Waals surface area contributed by atoms with Crippen molar-refractivity contribution in [2.24, 2.45) is 0 Å². The molecule has 2 unspecified atom stereocenters. The van der Waals surface area contributed by atoms with E-state index in [9.17, 15) is 4.79 Å². The molecule has 0 aromatic carbocycles. The highest BCUT2D eigenvalue weighted by Gasteiger charge is 2.20. The summed E-state index contributed by atoms with van der Waals surface area (Å²) < 4.78 is 0. The third-order valence-corrected chi connectivity index (χ3v) is 3.25. The van der Waals surface area contributed by atoms with Gasteiger partial charge in [0.15, 0.2) is 0 Å². The number of carbonyl (C=O) groups excluding carboxylic acids is 1. The summed E-state index contributed by atoms with van der Waals surface area (Å²) in [5.41, 5.74) is 0. The standard InChI is InChI=1S/C12H25N3O.2ClH/c1-4-15(5-2)9-12(16)14-11-6-7-13-10(3)8-11;;/h10-11,13H,4-9H2,1-3H3,(H,14,16);2*1H. The van der Waals surface area contributed by atoms with Crippen molar-refractivity contribution >= 4 is 30.7 Å². The molecule has 0 spiro atoms. The van der Waals surface area contributed by atoms with E-state index in [4.69, 9.17) is 0 Å². The molecule has 1 fully saturated rings. The lowest BCUT2D eigenvalue weighted by atomic mass is 10.0. The lowest BCUT2D eigenvalue weighted by Crippen LogP contribution is -2.48. The molecule has 1 amide bonds. The van der Waals surface area contributed by atoms with Crippen molar-refractivity contribution in [3.05, 3.63) is 0 Å². The van der Waals surface area contributed by atoms with Gasteiger partial charge in [-0.15, -0.1) is 24.8 Å². The maximum absolute atomic E-state index is 11.8. The fraction of sp³-hybridized carbons (Fsp3) is 0.917. The predicted octanol–water partition coefficient (Wildman–Crippen LogP) is 1.43. The average Bonchev–Trinajstić information content (AvgIpc) is 2.26. The van der Waals surface area contributed by atoms with Gasteiger partial charge in [0.2, 0.25) is 5.91 Å². The van der Waals surface area contributed by atoms with Crippen LogP contribution >= 0.6 is 24.8 Å². The van der Waals surface area contributed by atoms with E-state index >= 15 is 0 Å². The Morgan fingerprint density at radius 3 is 2.44 bits per heavy atom. The van der Waals surface area contributed by atoms with Crippen LogP contribution < -0.4 is 10.6 Å². The first-order valence-electron chi connectivity index (χ1n) is 6.40. The maximum Gasteiger partial charge on any atom is 0.234 e. The highest BCUT2D eigenvalue weighted by molar-refractivity contribution is 5.85. The van der Waals surface area contributed by atoms with Gasteiger partial charge in [0.25, 0.3) is 0 Å². The topological polar surface area (TPSA) is 44.4 Å². The third-order valence-electron chi connectivity index (χ3n) is 3.25. The Balaban J connectivity index is 0. The summed E-state index contributed by atoms with van der Waals surface area (Å²) in [6, 6.07) is 0.881. The van der Waals surface area contributed by atoms with Crippen molar-refractivity contribution < 1.29 is 4.79 Å². The fourth-order valence-corrected chi connectivity index (χ4v) is 2.19. The molecule has 0 saturated carbocycles. The molecule has 1 aliphatic heterocycles. The first kappa shape index (κ1) is 20.3. The SMILES string of the molecule is CCN(CC)CC(=O)NC1CCNC(C)C1.Cl.Cl. The summed E-state index contributed by atoms with van der Waals surface area (Å²) in [5, 5.41) is 6.51. The zero-order valence-electron chi connectivity index (χ0n) is 11.6. The highest BCUT2D eigenvalue weighted by Crippen LogP contribution is 2.07. The van der Waals surface area contributed by atoms with Crippen molar-refractivity contribution in [3.8, 4) is 0 Å². The van der Waals surface area contributed by atoms with E-state index in [1.807, 2.05) is 0 Å². The number of hydrogen-bond donors (Lipinski definition) is 2. The van der Waals surface area contributed by atoms with Gasteiger partial charge >= 0.3 is 0 Å². The summed E-state index contributed by atoms with van der Waals surface area (Å²) in [6.07, 6.45) is 2.10. The first-order chi connectivity index (χ1) is 7.65. The Bertz CT molecular complexity index is 225. The van der Waals surface area contributed by atoms with Crippen LogP contribution in [0.4, 0.5) is 0 Å². The number of nitrogens with one attached hydrogen (secondary N) is 2. The van der Waals surface area contributed by atoms with Gasteiger partial charge in [-0.2, -0.15) is 0 Å². The van der Waals surface area contributed by atoms with E-state index in [0.29, 0.717) is 18.6 Å². The van der Waals surface area contributed by atoms with Crippen LogP contribution in [0.1, 0.15) is 33.6 Å². The predicted molar refractivity (Wildman–Crippen MR) is 80.9 cm³/mol. The minimum atomic E-state index is 0. The molecule has 0 aliphatic carbocycles. The van der Waals surface area contributed by atoms with E-state index < -0.39 is 0 Å². The fourth-order valence-electron chi connectivity index (χ4n) is 2.19. The Hall–Kier alpha value is -0.0300. The molecule has 0 aromatic heterocycles. The molecule has 4 nitrogen and oxygen atoms in total. The van der Waals surface area contributed by atoms with Crippen LogP contribution in [0.25, 0.3) is 0 Å². The normalized spacial score (nSPS) is 22.9. The van der Waals surface area contributed by atoms with Gasteiger partial charge in [0, 0.05) is 12.1 Å². The van der Waals surface area contributed by atoms with Gasteiger partial charge in [0.1, 0.15) is 0 Å². The van der Waals surface area contributed by atoms with E-state index in [1.54, 1.807) is 0 Å². The second-order valence-electron chi connectivity index (χ2n) is 4.61. The van der Waals surface area contributed by atoms with Crippen LogP contribution in [0.2, 0.25) is 0 Å². The van der Waals surface area contributed by atoms with Crippen molar-refractivity contribution in [1.82, 2.24) is 15.5 Å². The van der Waals surface area contributed by atoms with Crippen LogP contribution in [0.3, 0.4) is 0 Å². The van der Waals surface area contributed by atoms with E-state index in [1.165, 1.54) is 0 Å². The molecule has 18 heavy (non-hydrogen) atoms. The number of carbonyl (C=O) groups is 1. The van der Waals surface area contributed by atoms with E-state index in [2.05, 4.69) is 36.3 Å². The van der Waals surface area contributed by atoms with Crippen molar-refractivity contribution in [2.45, 2.75) is 45.7 Å². The molecular weight excluding hydrogens is 273 g/mol. The molecule has 6 heteroatoms. The largest absolute Gasteiger partial charge is 0.352 e. The van der Waals surface area contributed by atoms with Gasteiger partial charge < -0.3 is 10.6 Å². The smallest absolute Gasteiger partial charge is 0.234 e. The van der Waals surface area contributed by atoms with Crippen LogP contribution in [0.15, 0.2) is 0 Å². The second-order valence-corrected chi connectivity index (χ2v) is 4.61. The quantitative estimate of drug-likeness (QED) is 0.807. The lowest BCUT2D eigenvalue weighted by molar-refractivity contribution is -0.123. The number of hydrogen-bond acceptors (Lipinski definition) is 3. The van der Waals surface area contributed by atoms with Crippen molar-refractivity contribution in [2.75, 3.05) is 26.2 Å². The molecule has 2 atom stereocenters. The van der Waals surface area contributed by atoms with Gasteiger partial charge in [-0.05, 0) is 39.4 Å². The summed E-state index contributed by atoms with van der Waals surface area (Å²) in [4.78, 5) is 13.9. The van der Waals surface area contributed by atoms with Gasteiger partial charge in [-0.3, -0.25) is 9.69 Å². The monoisotopic (exact) mass is 299 g/mol. The molecule has 0 bridgehead atoms. The van der Waals surface area contributed by atoms with Crippen LogP contribution in [0.5, 0.6) is 0 Å². The van der Waals surface area contributed by atoms with Crippen molar-refractivity contribution in [3.63, 3.8) is 0 Å². The molecule has 2 N–H and O–H groups in total. The number of likely N-dealkylation sites (N-methyl/N-ethyl adjacent to an activating group) is 1. The number of nitrogens with zero attached hydrogens (tertiary/aromatic N) is 1. The molecule has 1 saturated heterocycles. The summed E-state index contributed by atoms with van der Waals surface area (Å²) in [7, 11) is 0. The average molecular weight is 300 g/mol. The molecule has 1 heterocycles. The molecule has 0 radical (unpaired) electrons. The molecule has 110 valence electrons. The Morgan fingerprint density at radius 1 is 1.33 bits per heavy atom. The summed E-state index contributed by atoms with van der Waals surface area (Å²) >= 11 is 0. The zero-order valence-corrected chi connectivity index (χ0v) is 13.2. The molecular formula is C12H27Cl2N3O. The number of piperidine rings is 1. The molecule has 1 rings (SSSR count). The van der Waals surface area contributed by atoms with Crippen LogP contribution in [-0.4, -0.2) is 49.1 Å². The van der Waals surface area contributed by atoms with Crippen molar-refractivity contribution in [1.29, 1.82) is 0 Å². The van der Waals surface area contributed by atoms with Gasteiger partial charge in [-0.25, -0.2) is 0 Å².